The van der Waals surface area contributed by atoms with Crippen LogP contribution in [-0.4, -0.2) is 34.3 Å². The molecule has 1 unspecified atom stereocenters. The van der Waals surface area contributed by atoms with Crippen molar-refractivity contribution in [1.82, 2.24) is 25.4 Å². The number of hydrogen-bond acceptors (Lipinski definition) is 4. The molecule has 1 aliphatic rings. The fraction of sp³-hybridized carbons (Fsp3) is 0.211. The van der Waals surface area contributed by atoms with Crippen LogP contribution in [0.2, 0.25) is 0 Å². The summed E-state index contributed by atoms with van der Waals surface area (Å²) < 4.78 is 15.2. The third kappa shape index (κ3) is 3.43. The van der Waals surface area contributed by atoms with E-state index in [1.807, 2.05) is 12.1 Å². The molecule has 0 saturated carbocycles. The van der Waals surface area contributed by atoms with E-state index in [4.69, 9.17) is 5.10 Å². The Morgan fingerprint density at radius 3 is 2.56 bits per heavy atom. The summed E-state index contributed by atoms with van der Waals surface area (Å²) in [5, 5.41) is 10.7. The fourth-order valence-electron chi connectivity index (χ4n) is 3.31. The molecule has 2 aromatic heterocycles. The molecule has 1 aliphatic heterocycles. The number of aromatic nitrogens is 3. The molecule has 1 aromatic carbocycles. The number of rotatable bonds is 3. The standard InChI is InChI=1S/C19H18FN5O.ClH/c1-21-19(26)16-11-23-10-15-17(12-6-8-22-9-7-12)18(24-25(15)16)13-2-4-14(20)5-3-13;/h2-9,16,23H,10-11H2,1H3,(H,21,26);1H. The van der Waals surface area contributed by atoms with Gasteiger partial charge < -0.3 is 10.6 Å². The highest BCUT2D eigenvalue weighted by atomic mass is 35.5. The van der Waals surface area contributed by atoms with Gasteiger partial charge in [0.25, 0.3) is 0 Å². The van der Waals surface area contributed by atoms with Crippen LogP contribution >= 0.6 is 12.4 Å². The lowest BCUT2D eigenvalue weighted by Crippen LogP contribution is -2.42. The lowest BCUT2D eigenvalue weighted by atomic mass is 9.99. The van der Waals surface area contributed by atoms with Crippen LogP contribution in [0.4, 0.5) is 4.39 Å². The van der Waals surface area contributed by atoms with E-state index in [9.17, 15) is 9.18 Å². The van der Waals surface area contributed by atoms with Gasteiger partial charge in [0.05, 0.1) is 5.69 Å². The molecule has 0 saturated heterocycles. The van der Waals surface area contributed by atoms with Crippen molar-refractivity contribution >= 4 is 18.3 Å². The first-order chi connectivity index (χ1) is 12.7. The summed E-state index contributed by atoms with van der Waals surface area (Å²) in [6, 6.07) is 9.63. The van der Waals surface area contributed by atoms with Crippen LogP contribution in [0.25, 0.3) is 22.4 Å². The van der Waals surface area contributed by atoms with Gasteiger partial charge in [-0.1, -0.05) is 0 Å². The van der Waals surface area contributed by atoms with Gasteiger partial charge in [0.1, 0.15) is 17.6 Å². The first-order valence-electron chi connectivity index (χ1n) is 8.39. The van der Waals surface area contributed by atoms with Gasteiger partial charge in [-0.15, -0.1) is 12.4 Å². The zero-order valence-corrected chi connectivity index (χ0v) is 15.5. The average molecular weight is 388 g/mol. The second-order valence-corrected chi connectivity index (χ2v) is 6.12. The Labute approximate surface area is 162 Å². The van der Waals surface area contributed by atoms with Gasteiger partial charge in [-0.25, -0.2) is 4.39 Å². The van der Waals surface area contributed by atoms with E-state index in [1.165, 1.54) is 12.1 Å². The predicted octanol–water partition coefficient (Wildman–Crippen LogP) is 2.56. The number of amides is 1. The largest absolute Gasteiger partial charge is 0.357 e. The van der Waals surface area contributed by atoms with Crippen molar-refractivity contribution in [3.63, 3.8) is 0 Å². The first-order valence-corrected chi connectivity index (χ1v) is 8.39. The number of likely N-dealkylation sites (N-methyl/N-ethyl adjacent to an activating group) is 1. The van der Waals surface area contributed by atoms with Crippen molar-refractivity contribution in [3.8, 4) is 22.4 Å². The predicted molar refractivity (Wildman–Crippen MR) is 103 cm³/mol. The van der Waals surface area contributed by atoms with Crippen LogP contribution < -0.4 is 10.6 Å². The second-order valence-electron chi connectivity index (χ2n) is 6.12. The molecule has 1 amide bonds. The van der Waals surface area contributed by atoms with E-state index >= 15 is 0 Å². The lowest BCUT2D eigenvalue weighted by Gasteiger charge is -2.24. The SMILES string of the molecule is CNC(=O)C1CNCc2c(-c3ccncc3)c(-c3ccc(F)cc3)nn21.Cl. The Hall–Kier alpha value is -2.77. The normalized spacial score (nSPS) is 15.6. The topological polar surface area (TPSA) is 71.8 Å². The first kappa shape index (κ1) is 19.0. The number of halogens is 2. The minimum Gasteiger partial charge on any atom is -0.357 e. The van der Waals surface area contributed by atoms with Crippen molar-refractivity contribution in [1.29, 1.82) is 0 Å². The van der Waals surface area contributed by atoms with Crippen molar-refractivity contribution in [3.05, 3.63) is 60.3 Å². The molecule has 27 heavy (non-hydrogen) atoms. The van der Waals surface area contributed by atoms with Crippen molar-refractivity contribution in [2.24, 2.45) is 0 Å². The molecule has 3 aromatic rings. The Balaban J connectivity index is 0.00000210. The summed E-state index contributed by atoms with van der Waals surface area (Å²) in [5.74, 6) is -0.402. The van der Waals surface area contributed by atoms with Crippen molar-refractivity contribution < 1.29 is 9.18 Å². The number of nitrogens with one attached hydrogen (secondary N) is 2. The zero-order valence-electron chi connectivity index (χ0n) is 14.6. The number of carbonyl (C=O) groups excluding carboxylic acids is 1. The van der Waals surface area contributed by atoms with Crippen LogP contribution in [0.5, 0.6) is 0 Å². The van der Waals surface area contributed by atoms with E-state index in [2.05, 4.69) is 15.6 Å². The van der Waals surface area contributed by atoms with Crippen LogP contribution in [0.3, 0.4) is 0 Å². The minimum atomic E-state index is -0.432. The molecule has 0 aliphatic carbocycles. The maximum absolute atomic E-state index is 13.4. The number of carbonyl (C=O) groups is 1. The molecule has 0 radical (unpaired) electrons. The summed E-state index contributed by atoms with van der Waals surface area (Å²) >= 11 is 0. The molecule has 0 bridgehead atoms. The quantitative estimate of drug-likeness (QED) is 0.724. The van der Waals surface area contributed by atoms with E-state index in [1.54, 1.807) is 36.3 Å². The van der Waals surface area contributed by atoms with Crippen LogP contribution in [0, 0.1) is 5.82 Å². The lowest BCUT2D eigenvalue weighted by molar-refractivity contribution is -0.124. The fourth-order valence-corrected chi connectivity index (χ4v) is 3.31. The van der Waals surface area contributed by atoms with Gasteiger partial charge in [-0.2, -0.15) is 5.10 Å². The molecular weight excluding hydrogens is 369 g/mol. The van der Waals surface area contributed by atoms with Gasteiger partial charge in [-0.05, 0) is 42.0 Å². The average Bonchev–Trinajstić information content (AvgIpc) is 3.08. The van der Waals surface area contributed by atoms with Crippen molar-refractivity contribution in [2.75, 3.05) is 13.6 Å². The van der Waals surface area contributed by atoms with E-state index < -0.39 is 6.04 Å². The van der Waals surface area contributed by atoms with Crippen molar-refractivity contribution in [2.45, 2.75) is 12.6 Å². The van der Waals surface area contributed by atoms with E-state index in [0.29, 0.717) is 13.1 Å². The second kappa shape index (κ2) is 7.85. The highest BCUT2D eigenvalue weighted by molar-refractivity contribution is 5.86. The monoisotopic (exact) mass is 387 g/mol. The Bertz CT molecular complexity index is 943. The Kier molecular flexibility index (Phi) is 5.53. The maximum Gasteiger partial charge on any atom is 0.245 e. The van der Waals surface area contributed by atoms with E-state index in [0.717, 1.165) is 28.1 Å². The number of fused-ring (bicyclic) bond motifs is 1. The summed E-state index contributed by atoms with van der Waals surface area (Å²) in [7, 11) is 1.62. The van der Waals surface area contributed by atoms with Gasteiger partial charge in [-0.3, -0.25) is 14.5 Å². The molecule has 0 spiro atoms. The third-order valence-corrected chi connectivity index (χ3v) is 4.57. The molecule has 2 N–H and O–H groups in total. The molecular formula is C19H19ClFN5O. The highest BCUT2D eigenvalue weighted by Crippen LogP contribution is 2.36. The minimum absolute atomic E-state index is 0. The summed E-state index contributed by atoms with van der Waals surface area (Å²) in [6.07, 6.45) is 3.45. The zero-order chi connectivity index (χ0) is 18.1. The number of benzene rings is 1. The molecule has 6 nitrogen and oxygen atoms in total. The highest BCUT2D eigenvalue weighted by Gasteiger charge is 2.31. The van der Waals surface area contributed by atoms with E-state index in [-0.39, 0.29) is 24.1 Å². The molecule has 1 atom stereocenters. The molecule has 8 heteroatoms. The van der Waals surface area contributed by atoms with Gasteiger partial charge in [0.15, 0.2) is 0 Å². The summed E-state index contributed by atoms with van der Waals surface area (Å²) in [4.78, 5) is 16.4. The number of nitrogens with zero attached hydrogens (tertiary/aromatic N) is 3. The van der Waals surface area contributed by atoms with Gasteiger partial charge >= 0.3 is 0 Å². The molecule has 140 valence electrons. The summed E-state index contributed by atoms with van der Waals surface area (Å²) in [5.41, 5.74) is 4.34. The molecule has 4 rings (SSSR count). The van der Waals surface area contributed by atoms with Gasteiger partial charge in [0, 0.05) is 43.7 Å². The van der Waals surface area contributed by atoms with Gasteiger partial charge in [0.2, 0.25) is 5.91 Å². The smallest absolute Gasteiger partial charge is 0.245 e. The Morgan fingerprint density at radius 1 is 1.19 bits per heavy atom. The number of hydrogen-bond donors (Lipinski definition) is 2. The maximum atomic E-state index is 13.4. The third-order valence-electron chi connectivity index (χ3n) is 4.57. The molecule has 3 heterocycles. The van der Waals surface area contributed by atoms with Crippen LogP contribution in [0.1, 0.15) is 11.7 Å². The number of pyridine rings is 1. The van der Waals surface area contributed by atoms with Crippen LogP contribution in [-0.2, 0) is 11.3 Å². The Morgan fingerprint density at radius 2 is 1.89 bits per heavy atom. The van der Waals surface area contributed by atoms with Crippen LogP contribution in [0.15, 0.2) is 48.8 Å². The molecule has 0 fully saturated rings. The summed E-state index contributed by atoms with van der Waals surface area (Å²) in [6.45, 7) is 1.10.